The second-order valence-corrected chi connectivity index (χ2v) is 6.31. The van der Waals surface area contributed by atoms with Crippen LogP contribution in [0.4, 0.5) is 11.4 Å². The van der Waals surface area contributed by atoms with Crippen molar-refractivity contribution < 1.29 is 18.8 Å². The molecular weight excluding hydrogens is 360 g/mol. The Morgan fingerprint density at radius 1 is 1.18 bits per heavy atom. The summed E-state index contributed by atoms with van der Waals surface area (Å²) in [5.74, 6) is 2.16. The summed E-state index contributed by atoms with van der Waals surface area (Å²) in [4.78, 5) is 18.5. The third kappa shape index (κ3) is 3.48. The smallest absolute Gasteiger partial charge is 0.246 e. The Hall–Kier alpha value is -3.55. The molecule has 8 heteroatoms. The van der Waals surface area contributed by atoms with Gasteiger partial charge in [0.15, 0.2) is 0 Å². The van der Waals surface area contributed by atoms with Crippen LogP contribution in [0.5, 0.6) is 11.5 Å². The fraction of sp³-hybridized carbons (Fsp3) is 0.250. The highest BCUT2D eigenvalue weighted by atomic mass is 16.5. The molecular formula is C20H20N4O4. The second-order valence-electron chi connectivity index (χ2n) is 6.31. The molecule has 8 nitrogen and oxygen atoms in total. The maximum Gasteiger partial charge on any atom is 0.246 e. The van der Waals surface area contributed by atoms with Crippen molar-refractivity contribution in [3.8, 4) is 22.9 Å². The first-order valence-electron chi connectivity index (χ1n) is 8.86. The number of methoxy groups -OCH3 is 2. The summed E-state index contributed by atoms with van der Waals surface area (Å²) in [5, 5.41) is 7.01. The molecule has 2 aromatic carbocycles. The minimum atomic E-state index is -0.0101. The second kappa shape index (κ2) is 7.59. The molecule has 3 aromatic rings. The molecule has 0 spiro atoms. The number of nitrogens with zero attached hydrogens (tertiary/aromatic N) is 3. The number of carbonyl (C=O) groups is 1. The third-order valence-corrected chi connectivity index (χ3v) is 4.57. The molecule has 1 aromatic heterocycles. The van der Waals surface area contributed by atoms with Gasteiger partial charge in [0.05, 0.1) is 37.7 Å². The van der Waals surface area contributed by atoms with Gasteiger partial charge in [0.25, 0.3) is 0 Å². The topological polar surface area (TPSA) is 89.7 Å². The number of aromatic nitrogens is 2. The summed E-state index contributed by atoms with van der Waals surface area (Å²) in [6.45, 7) is 0.962. The van der Waals surface area contributed by atoms with Crippen molar-refractivity contribution in [1.29, 1.82) is 0 Å². The number of nitrogens with one attached hydrogen (secondary N) is 1. The SMILES string of the molecule is COc1ccc(-c2noc(CN3CCC(=O)Nc4ccccc43)n2)c(OC)c1. The molecule has 0 atom stereocenters. The van der Waals surface area contributed by atoms with Gasteiger partial charge in [-0.05, 0) is 24.3 Å². The van der Waals surface area contributed by atoms with E-state index in [9.17, 15) is 4.79 Å². The van der Waals surface area contributed by atoms with Crippen molar-refractivity contribution in [3.05, 3.63) is 48.4 Å². The largest absolute Gasteiger partial charge is 0.497 e. The summed E-state index contributed by atoms with van der Waals surface area (Å²) in [6.07, 6.45) is 0.391. The van der Waals surface area contributed by atoms with Crippen molar-refractivity contribution in [2.24, 2.45) is 0 Å². The number of ether oxygens (including phenoxy) is 2. The van der Waals surface area contributed by atoms with E-state index in [0.29, 0.717) is 48.3 Å². The molecule has 1 N–H and O–H groups in total. The van der Waals surface area contributed by atoms with E-state index in [4.69, 9.17) is 14.0 Å². The fourth-order valence-electron chi connectivity index (χ4n) is 3.16. The van der Waals surface area contributed by atoms with Gasteiger partial charge in [0, 0.05) is 19.0 Å². The number of hydrogen-bond donors (Lipinski definition) is 1. The average Bonchev–Trinajstić information content (AvgIpc) is 3.12. The van der Waals surface area contributed by atoms with Gasteiger partial charge < -0.3 is 24.2 Å². The van der Waals surface area contributed by atoms with Crippen LogP contribution in [0.25, 0.3) is 11.4 Å². The number of benzene rings is 2. The molecule has 0 bridgehead atoms. The predicted molar refractivity (Wildman–Crippen MR) is 104 cm³/mol. The van der Waals surface area contributed by atoms with E-state index in [1.54, 1.807) is 20.3 Å². The van der Waals surface area contributed by atoms with Crippen LogP contribution in [0, 0.1) is 0 Å². The predicted octanol–water partition coefficient (Wildman–Crippen LogP) is 3.10. The molecule has 0 aliphatic carbocycles. The van der Waals surface area contributed by atoms with Gasteiger partial charge in [0.2, 0.25) is 17.6 Å². The standard InChI is InChI=1S/C20H20N4O4/c1-26-13-7-8-14(17(11-13)27-2)20-22-19(28-23-20)12-24-10-9-18(25)21-15-5-3-4-6-16(15)24/h3-8,11H,9-10,12H2,1-2H3,(H,21,25). The summed E-state index contributed by atoms with van der Waals surface area (Å²) in [6, 6.07) is 13.1. The van der Waals surface area contributed by atoms with Crippen LogP contribution in [0.15, 0.2) is 47.0 Å². The monoisotopic (exact) mass is 380 g/mol. The van der Waals surface area contributed by atoms with Crippen LogP contribution in [0.2, 0.25) is 0 Å². The normalized spacial score (nSPS) is 13.5. The molecule has 0 radical (unpaired) electrons. The first kappa shape index (κ1) is 17.8. The third-order valence-electron chi connectivity index (χ3n) is 4.57. The quantitative estimate of drug-likeness (QED) is 0.727. The maximum absolute atomic E-state index is 11.9. The molecule has 0 saturated heterocycles. The molecule has 1 amide bonds. The van der Waals surface area contributed by atoms with E-state index in [-0.39, 0.29) is 5.91 Å². The van der Waals surface area contributed by atoms with E-state index in [1.165, 1.54) is 0 Å². The lowest BCUT2D eigenvalue weighted by molar-refractivity contribution is -0.115. The van der Waals surface area contributed by atoms with Gasteiger partial charge in [-0.1, -0.05) is 17.3 Å². The van der Waals surface area contributed by atoms with Gasteiger partial charge >= 0.3 is 0 Å². The first-order valence-corrected chi connectivity index (χ1v) is 8.86. The Kier molecular flexibility index (Phi) is 4.84. The fourth-order valence-corrected chi connectivity index (χ4v) is 3.16. The van der Waals surface area contributed by atoms with Gasteiger partial charge in [-0.25, -0.2) is 0 Å². The molecule has 0 unspecified atom stereocenters. The van der Waals surface area contributed by atoms with Crippen LogP contribution in [-0.2, 0) is 11.3 Å². The zero-order valence-corrected chi connectivity index (χ0v) is 15.6. The minimum absolute atomic E-state index is 0.0101. The average molecular weight is 380 g/mol. The number of para-hydroxylation sites is 2. The van der Waals surface area contributed by atoms with Crippen LogP contribution in [0.1, 0.15) is 12.3 Å². The van der Waals surface area contributed by atoms with Crippen LogP contribution in [0.3, 0.4) is 0 Å². The number of fused-ring (bicyclic) bond motifs is 1. The number of hydrogen-bond acceptors (Lipinski definition) is 7. The molecule has 4 rings (SSSR count). The molecule has 144 valence electrons. The van der Waals surface area contributed by atoms with E-state index >= 15 is 0 Å². The summed E-state index contributed by atoms with van der Waals surface area (Å²) in [7, 11) is 3.18. The van der Waals surface area contributed by atoms with Crippen LogP contribution in [-0.4, -0.2) is 36.8 Å². The van der Waals surface area contributed by atoms with Crippen LogP contribution >= 0.6 is 0 Å². The highest BCUT2D eigenvalue weighted by Crippen LogP contribution is 2.33. The molecule has 0 fully saturated rings. The van der Waals surface area contributed by atoms with Gasteiger partial charge in [-0.3, -0.25) is 4.79 Å². The maximum atomic E-state index is 11.9. The van der Waals surface area contributed by atoms with Gasteiger partial charge in [-0.2, -0.15) is 4.98 Å². The van der Waals surface area contributed by atoms with Gasteiger partial charge in [-0.15, -0.1) is 0 Å². The Morgan fingerprint density at radius 3 is 2.86 bits per heavy atom. The zero-order chi connectivity index (χ0) is 19.5. The molecule has 1 aliphatic heterocycles. The number of amides is 1. The molecule has 28 heavy (non-hydrogen) atoms. The summed E-state index contributed by atoms with van der Waals surface area (Å²) in [5.41, 5.74) is 2.42. The van der Waals surface area contributed by atoms with E-state index in [0.717, 1.165) is 11.4 Å². The van der Waals surface area contributed by atoms with Gasteiger partial charge in [0.1, 0.15) is 11.5 Å². The Morgan fingerprint density at radius 2 is 2.04 bits per heavy atom. The highest BCUT2D eigenvalue weighted by molar-refractivity contribution is 5.96. The van der Waals surface area contributed by atoms with E-state index < -0.39 is 0 Å². The first-order chi connectivity index (χ1) is 13.7. The molecule has 1 aliphatic rings. The zero-order valence-electron chi connectivity index (χ0n) is 15.6. The Labute approximate surface area is 162 Å². The number of anilines is 2. The van der Waals surface area contributed by atoms with Crippen molar-refractivity contribution in [2.45, 2.75) is 13.0 Å². The molecule has 0 saturated carbocycles. The number of carbonyl (C=O) groups excluding carboxylic acids is 1. The molecule has 2 heterocycles. The summed E-state index contributed by atoms with van der Waals surface area (Å²) < 4.78 is 16.1. The van der Waals surface area contributed by atoms with Crippen molar-refractivity contribution in [3.63, 3.8) is 0 Å². The van der Waals surface area contributed by atoms with E-state index in [1.807, 2.05) is 36.4 Å². The van der Waals surface area contributed by atoms with Crippen molar-refractivity contribution in [2.75, 3.05) is 31.0 Å². The number of rotatable bonds is 5. The van der Waals surface area contributed by atoms with Crippen molar-refractivity contribution >= 4 is 17.3 Å². The lowest BCUT2D eigenvalue weighted by Crippen LogP contribution is -2.24. The lowest BCUT2D eigenvalue weighted by atomic mass is 10.2. The lowest BCUT2D eigenvalue weighted by Gasteiger charge is -2.21. The Bertz CT molecular complexity index is 1000. The Balaban J connectivity index is 1.60. The van der Waals surface area contributed by atoms with Crippen molar-refractivity contribution in [1.82, 2.24) is 10.1 Å². The van der Waals surface area contributed by atoms with E-state index in [2.05, 4.69) is 20.4 Å². The highest BCUT2D eigenvalue weighted by Gasteiger charge is 2.21. The minimum Gasteiger partial charge on any atom is -0.497 e. The van der Waals surface area contributed by atoms with Crippen LogP contribution < -0.4 is 19.7 Å². The summed E-state index contributed by atoms with van der Waals surface area (Å²) >= 11 is 0.